The van der Waals surface area contributed by atoms with Crippen LogP contribution in [0.5, 0.6) is 0 Å². The van der Waals surface area contributed by atoms with Crippen molar-refractivity contribution >= 4 is 34.8 Å². The Bertz CT molecular complexity index is 760. The second-order valence-electron chi connectivity index (χ2n) is 6.06. The van der Waals surface area contributed by atoms with Crippen molar-refractivity contribution in [3.05, 3.63) is 50.9 Å². The Labute approximate surface area is 156 Å². The molecule has 0 aromatic carbocycles. The van der Waals surface area contributed by atoms with Gasteiger partial charge in [0.1, 0.15) is 11.2 Å². The average molecular weight is 378 g/mol. The fourth-order valence-corrected chi connectivity index (χ4v) is 3.96. The average Bonchev–Trinajstić information content (AvgIpc) is 3.09. The zero-order valence-electron chi connectivity index (χ0n) is 14.0. The summed E-state index contributed by atoms with van der Waals surface area (Å²) in [7, 11) is 0. The first-order valence-corrected chi connectivity index (χ1v) is 9.60. The summed E-state index contributed by atoms with van der Waals surface area (Å²) in [4.78, 5) is 32.5. The maximum Gasteiger partial charge on any atom is 0.253 e. The third-order valence-electron chi connectivity index (χ3n) is 4.29. The van der Waals surface area contributed by atoms with Crippen LogP contribution in [0, 0.1) is 0 Å². The Balaban J connectivity index is 1.69. The Morgan fingerprint density at radius 2 is 2.24 bits per heavy atom. The normalized spacial score (nSPS) is 14.7. The molecule has 0 aliphatic carbocycles. The number of fused-ring (bicyclic) bond motifs is 1. The molecular weight excluding hydrogens is 358 g/mol. The second kappa shape index (κ2) is 7.97. The van der Waals surface area contributed by atoms with Crippen molar-refractivity contribution in [3.63, 3.8) is 0 Å². The molecule has 3 heterocycles. The third-order valence-corrected chi connectivity index (χ3v) is 5.54. The summed E-state index contributed by atoms with van der Waals surface area (Å²) in [6, 6.07) is 4.73. The van der Waals surface area contributed by atoms with Gasteiger partial charge in [-0.05, 0) is 42.0 Å². The van der Waals surface area contributed by atoms with Crippen molar-refractivity contribution in [2.75, 3.05) is 6.54 Å². The fraction of sp³-hybridized carbons (Fsp3) is 0.389. The molecule has 2 aromatic rings. The summed E-state index contributed by atoms with van der Waals surface area (Å²) >= 11 is 7.49. The standard InChI is InChI=1S/C18H20ClN3O2S/c1-2-3-14(21-17(23)12-4-5-16(19)20-10-12)18(24)22-8-6-15-13(11-22)7-9-25-15/h4-5,7,9-10,14H,2-3,6,8,11H2,1H3,(H,21,23). The Hall–Kier alpha value is -1.92. The first-order valence-electron chi connectivity index (χ1n) is 8.35. The van der Waals surface area contributed by atoms with Crippen LogP contribution in [0.25, 0.3) is 0 Å². The van der Waals surface area contributed by atoms with E-state index in [1.807, 2.05) is 11.8 Å². The van der Waals surface area contributed by atoms with Crippen molar-refractivity contribution < 1.29 is 9.59 Å². The van der Waals surface area contributed by atoms with Crippen LogP contribution < -0.4 is 5.32 Å². The van der Waals surface area contributed by atoms with E-state index in [4.69, 9.17) is 11.6 Å². The van der Waals surface area contributed by atoms with Crippen LogP contribution in [0.4, 0.5) is 0 Å². The van der Waals surface area contributed by atoms with Crippen LogP contribution >= 0.6 is 22.9 Å². The van der Waals surface area contributed by atoms with Crippen LogP contribution in [-0.4, -0.2) is 34.3 Å². The lowest BCUT2D eigenvalue weighted by Crippen LogP contribution is -2.49. The van der Waals surface area contributed by atoms with Crippen molar-refractivity contribution in [3.8, 4) is 0 Å². The molecule has 0 radical (unpaired) electrons. The number of halogens is 1. The zero-order valence-corrected chi connectivity index (χ0v) is 15.6. The number of hydrogen-bond acceptors (Lipinski definition) is 4. The first kappa shape index (κ1) is 17.9. The second-order valence-corrected chi connectivity index (χ2v) is 7.45. The van der Waals surface area contributed by atoms with Gasteiger partial charge in [-0.1, -0.05) is 24.9 Å². The fourth-order valence-electron chi connectivity index (χ4n) is 2.95. The van der Waals surface area contributed by atoms with Gasteiger partial charge in [0.2, 0.25) is 5.91 Å². The van der Waals surface area contributed by atoms with Gasteiger partial charge in [0.15, 0.2) is 0 Å². The molecule has 0 saturated heterocycles. The van der Waals surface area contributed by atoms with Gasteiger partial charge in [0.25, 0.3) is 5.91 Å². The summed E-state index contributed by atoms with van der Waals surface area (Å²) in [5, 5.41) is 5.26. The molecule has 5 nitrogen and oxygen atoms in total. The molecule has 1 atom stereocenters. The number of thiophene rings is 1. The van der Waals surface area contributed by atoms with Crippen molar-refractivity contribution in [2.24, 2.45) is 0 Å². The third kappa shape index (κ3) is 4.19. The molecule has 1 N–H and O–H groups in total. The highest BCUT2D eigenvalue weighted by Crippen LogP contribution is 2.24. The molecule has 0 bridgehead atoms. The van der Waals surface area contributed by atoms with Crippen LogP contribution in [0.2, 0.25) is 5.15 Å². The lowest BCUT2D eigenvalue weighted by atomic mass is 10.1. The summed E-state index contributed by atoms with van der Waals surface area (Å²) < 4.78 is 0. The highest BCUT2D eigenvalue weighted by Gasteiger charge is 2.28. The molecule has 1 unspecified atom stereocenters. The number of amides is 2. The van der Waals surface area contributed by atoms with E-state index in [9.17, 15) is 9.59 Å². The van der Waals surface area contributed by atoms with Gasteiger partial charge >= 0.3 is 0 Å². The van der Waals surface area contributed by atoms with Gasteiger partial charge < -0.3 is 10.2 Å². The highest BCUT2D eigenvalue weighted by molar-refractivity contribution is 7.10. The maximum atomic E-state index is 12.9. The quantitative estimate of drug-likeness (QED) is 0.813. The smallest absolute Gasteiger partial charge is 0.253 e. The van der Waals surface area contributed by atoms with Crippen molar-refractivity contribution in [2.45, 2.75) is 38.8 Å². The Kier molecular flexibility index (Phi) is 5.71. The predicted octanol–water partition coefficient (Wildman–Crippen LogP) is 3.28. The maximum absolute atomic E-state index is 12.9. The molecule has 1 aliphatic rings. The van der Waals surface area contributed by atoms with Crippen LogP contribution in [-0.2, 0) is 17.8 Å². The molecule has 7 heteroatoms. The van der Waals surface area contributed by atoms with Crippen LogP contribution in [0.15, 0.2) is 29.8 Å². The lowest BCUT2D eigenvalue weighted by Gasteiger charge is -2.30. The minimum Gasteiger partial charge on any atom is -0.340 e. The van der Waals surface area contributed by atoms with E-state index in [1.54, 1.807) is 23.5 Å². The van der Waals surface area contributed by atoms with E-state index in [-0.39, 0.29) is 11.8 Å². The predicted molar refractivity (Wildman–Crippen MR) is 98.8 cm³/mol. The minimum absolute atomic E-state index is 0.0195. The van der Waals surface area contributed by atoms with Gasteiger partial charge in [0.05, 0.1) is 5.56 Å². The number of nitrogens with one attached hydrogen (secondary N) is 1. The Morgan fingerprint density at radius 3 is 2.96 bits per heavy atom. The number of carbonyl (C=O) groups excluding carboxylic acids is 2. The topological polar surface area (TPSA) is 62.3 Å². The molecular formula is C18H20ClN3O2S. The van der Waals surface area contributed by atoms with Gasteiger partial charge in [-0.3, -0.25) is 9.59 Å². The number of nitrogens with zero attached hydrogens (tertiary/aromatic N) is 2. The van der Waals surface area contributed by atoms with Crippen LogP contribution in [0.1, 0.15) is 40.6 Å². The van der Waals surface area contributed by atoms with E-state index >= 15 is 0 Å². The highest BCUT2D eigenvalue weighted by atomic mass is 35.5. The summed E-state index contributed by atoms with van der Waals surface area (Å²) in [6.45, 7) is 3.32. The van der Waals surface area contributed by atoms with Crippen molar-refractivity contribution in [1.29, 1.82) is 0 Å². The van der Waals surface area contributed by atoms with E-state index in [2.05, 4.69) is 21.7 Å². The first-order chi connectivity index (χ1) is 12.1. The lowest BCUT2D eigenvalue weighted by molar-refractivity contribution is -0.134. The molecule has 0 spiro atoms. The number of hydrogen-bond donors (Lipinski definition) is 1. The number of carbonyl (C=O) groups is 2. The molecule has 132 valence electrons. The van der Waals surface area contributed by atoms with Gasteiger partial charge in [-0.15, -0.1) is 11.3 Å². The van der Waals surface area contributed by atoms with Crippen molar-refractivity contribution in [1.82, 2.24) is 15.2 Å². The molecule has 0 saturated carbocycles. The zero-order chi connectivity index (χ0) is 17.8. The van der Waals surface area contributed by atoms with Crippen LogP contribution in [0.3, 0.4) is 0 Å². The van der Waals surface area contributed by atoms with Gasteiger partial charge in [-0.25, -0.2) is 4.98 Å². The molecule has 0 fully saturated rings. The number of aromatic nitrogens is 1. The molecule has 25 heavy (non-hydrogen) atoms. The van der Waals surface area contributed by atoms with E-state index in [0.29, 0.717) is 30.2 Å². The molecule has 2 aromatic heterocycles. The summed E-state index contributed by atoms with van der Waals surface area (Å²) in [5.41, 5.74) is 1.62. The summed E-state index contributed by atoms with van der Waals surface area (Å²) in [6.07, 6.45) is 3.72. The molecule has 3 rings (SSSR count). The molecule has 2 amide bonds. The largest absolute Gasteiger partial charge is 0.340 e. The SMILES string of the molecule is CCCC(NC(=O)c1ccc(Cl)nc1)C(=O)N1CCc2sccc2C1. The van der Waals surface area contributed by atoms with Gasteiger partial charge in [-0.2, -0.15) is 0 Å². The Morgan fingerprint density at radius 1 is 1.40 bits per heavy atom. The molecule has 1 aliphatic heterocycles. The number of pyridine rings is 1. The summed E-state index contributed by atoms with van der Waals surface area (Å²) in [5.74, 6) is -0.321. The van der Waals surface area contributed by atoms with E-state index in [1.165, 1.54) is 16.6 Å². The monoisotopic (exact) mass is 377 g/mol. The van der Waals surface area contributed by atoms with E-state index < -0.39 is 6.04 Å². The minimum atomic E-state index is -0.520. The number of rotatable bonds is 5. The van der Waals surface area contributed by atoms with Gasteiger partial charge in [0, 0.05) is 24.2 Å². The van der Waals surface area contributed by atoms with E-state index in [0.717, 1.165) is 12.8 Å².